The Balaban J connectivity index is 2.16. The minimum Gasteiger partial charge on any atom is -0.369 e. The molecule has 2 rings (SSSR count). The molecule has 2 heterocycles. The highest BCUT2D eigenvalue weighted by molar-refractivity contribution is 5.78. The van der Waals surface area contributed by atoms with E-state index >= 15 is 0 Å². The van der Waals surface area contributed by atoms with Crippen molar-refractivity contribution >= 4 is 5.78 Å². The van der Waals surface area contributed by atoms with Gasteiger partial charge < -0.3 is 4.74 Å². The predicted octanol–water partition coefficient (Wildman–Crippen LogP) is 2.46. The van der Waals surface area contributed by atoms with Crippen LogP contribution in [0.15, 0.2) is 0 Å². The Hall–Kier alpha value is -0.370. The van der Waals surface area contributed by atoms with E-state index in [1.807, 2.05) is 0 Å². The van der Waals surface area contributed by atoms with E-state index in [-0.39, 0.29) is 11.2 Å². The first kappa shape index (κ1) is 9.20. The van der Waals surface area contributed by atoms with Crippen molar-refractivity contribution in [1.29, 1.82) is 0 Å². The fraction of sp³-hybridized carbons (Fsp3) is 0.909. The molecule has 2 fully saturated rings. The molecule has 0 N–H and O–H groups in total. The summed E-state index contributed by atoms with van der Waals surface area (Å²) in [6, 6.07) is 0. The average Bonchev–Trinajstić information content (AvgIpc) is 2.38. The van der Waals surface area contributed by atoms with Crippen molar-refractivity contribution in [1.82, 2.24) is 0 Å². The predicted molar refractivity (Wildman–Crippen MR) is 50.6 cm³/mol. The Morgan fingerprint density at radius 3 is 1.92 bits per heavy atom. The van der Waals surface area contributed by atoms with Crippen molar-refractivity contribution in [2.24, 2.45) is 0 Å². The van der Waals surface area contributed by atoms with E-state index in [2.05, 4.69) is 13.8 Å². The lowest BCUT2D eigenvalue weighted by atomic mass is 9.95. The van der Waals surface area contributed by atoms with Gasteiger partial charge in [0.15, 0.2) is 0 Å². The summed E-state index contributed by atoms with van der Waals surface area (Å²) in [5, 5.41) is 0. The SMILES string of the molecule is C[C@]12CCC(=O)CC[C@](C)(CC1)O2. The molecule has 2 heteroatoms. The topological polar surface area (TPSA) is 26.3 Å². The van der Waals surface area contributed by atoms with Gasteiger partial charge in [0.05, 0.1) is 11.2 Å². The molecule has 2 bridgehead atoms. The van der Waals surface area contributed by atoms with Crippen LogP contribution in [0.3, 0.4) is 0 Å². The van der Waals surface area contributed by atoms with Gasteiger partial charge in [0.25, 0.3) is 0 Å². The number of hydrogen-bond donors (Lipinski definition) is 0. The maximum absolute atomic E-state index is 11.4. The molecule has 0 aromatic rings. The van der Waals surface area contributed by atoms with E-state index < -0.39 is 0 Å². The summed E-state index contributed by atoms with van der Waals surface area (Å²) in [6.45, 7) is 4.30. The van der Waals surface area contributed by atoms with Crippen LogP contribution in [0.1, 0.15) is 52.4 Å². The lowest BCUT2D eigenvalue weighted by molar-refractivity contribution is -0.132. The molecule has 74 valence electrons. The third-order valence-electron chi connectivity index (χ3n) is 3.54. The highest BCUT2D eigenvalue weighted by atomic mass is 16.5. The number of rotatable bonds is 0. The smallest absolute Gasteiger partial charge is 0.133 e. The van der Waals surface area contributed by atoms with Crippen molar-refractivity contribution in [2.45, 2.75) is 63.6 Å². The lowest BCUT2D eigenvalue weighted by Crippen LogP contribution is -2.34. The first-order chi connectivity index (χ1) is 6.02. The first-order valence-corrected chi connectivity index (χ1v) is 5.23. The van der Waals surface area contributed by atoms with Gasteiger partial charge in [-0.05, 0) is 39.5 Å². The first-order valence-electron chi connectivity index (χ1n) is 5.23. The molecule has 2 aliphatic heterocycles. The summed E-state index contributed by atoms with van der Waals surface area (Å²) >= 11 is 0. The van der Waals surface area contributed by atoms with Gasteiger partial charge in [-0.1, -0.05) is 0 Å². The molecule has 2 atom stereocenters. The number of fused-ring (bicyclic) bond motifs is 2. The zero-order valence-corrected chi connectivity index (χ0v) is 8.56. The molecule has 13 heavy (non-hydrogen) atoms. The quantitative estimate of drug-likeness (QED) is 0.575. The standard InChI is InChI=1S/C11H18O2/c1-10-5-3-9(12)4-6-11(2,13-10)8-7-10/h3-8H2,1-2H3/t10-,11+. The Bertz CT molecular complexity index is 214. The molecule has 0 saturated carbocycles. The third kappa shape index (κ3) is 1.78. The van der Waals surface area contributed by atoms with E-state index in [4.69, 9.17) is 4.74 Å². The van der Waals surface area contributed by atoms with Gasteiger partial charge in [-0.2, -0.15) is 0 Å². The normalized spacial score (nSPS) is 45.8. The van der Waals surface area contributed by atoms with Crippen LogP contribution in [0.4, 0.5) is 0 Å². The van der Waals surface area contributed by atoms with Gasteiger partial charge in [-0.25, -0.2) is 0 Å². The lowest BCUT2D eigenvalue weighted by Gasteiger charge is -2.32. The van der Waals surface area contributed by atoms with Gasteiger partial charge in [0, 0.05) is 12.8 Å². The minimum absolute atomic E-state index is 0.00910. The van der Waals surface area contributed by atoms with E-state index in [0.717, 1.165) is 25.7 Å². The molecule has 0 aliphatic carbocycles. The highest BCUT2D eigenvalue weighted by Gasteiger charge is 2.44. The van der Waals surface area contributed by atoms with E-state index in [1.165, 1.54) is 0 Å². The number of carbonyl (C=O) groups is 1. The Kier molecular flexibility index (Phi) is 1.99. The zero-order valence-electron chi connectivity index (χ0n) is 8.56. The largest absolute Gasteiger partial charge is 0.369 e. The second kappa shape index (κ2) is 2.81. The summed E-state index contributed by atoms with van der Waals surface area (Å²) in [5.41, 5.74) is -0.0182. The Morgan fingerprint density at radius 1 is 1.00 bits per heavy atom. The van der Waals surface area contributed by atoms with Gasteiger partial charge >= 0.3 is 0 Å². The van der Waals surface area contributed by atoms with Crippen LogP contribution in [0.2, 0.25) is 0 Å². The van der Waals surface area contributed by atoms with E-state index in [1.54, 1.807) is 0 Å². The van der Waals surface area contributed by atoms with Crippen molar-refractivity contribution < 1.29 is 9.53 Å². The molecular formula is C11H18O2. The van der Waals surface area contributed by atoms with Crippen molar-refractivity contribution in [3.05, 3.63) is 0 Å². The number of Topliss-reactive ketones (excluding diaryl/α,β-unsaturated/α-hetero) is 1. The number of ether oxygens (including phenoxy) is 1. The third-order valence-corrected chi connectivity index (χ3v) is 3.54. The van der Waals surface area contributed by atoms with E-state index in [0.29, 0.717) is 18.6 Å². The van der Waals surface area contributed by atoms with Crippen LogP contribution < -0.4 is 0 Å². The maximum Gasteiger partial charge on any atom is 0.133 e. The molecule has 0 aromatic carbocycles. The van der Waals surface area contributed by atoms with Crippen LogP contribution in [0.5, 0.6) is 0 Å². The summed E-state index contributed by atoms with van der Waals surface area (Å²) in [5.74, 6) is 0.419. The number of hydrogen-bond acceptors (Lipinski definition) is 2. The van der Waals surface area contributed by atoms with Gasteiger partial charge in [0.1, 0.15) is 5.78 Å². The number of carbonyl (C=O) groups excluding carboxylic acids is 1. The summed E-state index contributed by atoms with van der Waals surface area (Å²) in [4.78, 5) is 11.4. The van der Waals surface area contributed by atoms with Crippen molar-refractivity contribution in [3.8, 4) is 0 Å². The summed E-state index contributed by atoms with van der Waals surface area (Å²) in [6.07, 6.45) is 5.51. The minimum atomic E-state index is -0.00910. The average molecular weight is 182 g/mol. The van der Waals surface area contributed by atoms with E-state index in [9.17, 15) is 4.79 Å². The molecule has 2 saturated heterocycles. The Morgan fingerprint density at radius 2 is 1.46 bits per heavy atom. The van der Waals surface area contributed by atoms with Crippen molar-refractivity contribution in [2.75, 3.05) is 0 Å². The van der Waals surface area contributed by atoms with Crippen LogP contribution in [0.25, 0.3) is 0 Å². The zero-order chi connectivity index (χ0) is 9.53. The molecule has 0 radical (unpaired) electrons. The Labute approximate surface area is 79.7 Å². The molecule has 2 aliphatic rings. The van der Waals surface area contributed by atoms with Crippen LogP contribution in [0, 0.1) is 0 Å². The summed E-state index contributed by atoms with van der Waals surface area (Å²) < 4.78 is 6.07. The van der Waals surface area contributed by atoms with Crippen LogP contribution in [-0.4, -0.2) is 17.0 Å². The second-order valence-electron chi connectivity index (χ2n) is 5.04. The number of ketones is 1. The van der Waals surface area contributed by atoms with Gasteiger partial charge in [0.2, 0.25) is 0 Å². The van der Waals surface area contributed by atoms with Crippen LogP contribution >= 0.6 is 0 Å². The fourth-order valence-electron chi connectivity index (χ4n) is 2.51. The fourth-order valence-corrected chi connectivity index (χ4v) is 2.51. The molecule has 0 aromatic heterocycles. The van der Waals surface area contributed by atoms with Gasteiger partial charge in [-0.3, -0.25) is 4.79 Å². The second-order valence-corrected chi connectivity index (χ2v) is 5.04. The highest BCUT2D eigenvalue weighted by Crippen LogP contribution is 2.44. The molecular weight excluding hydrogens is 164 g/mol. The van der Waals surface area contributed by atoms with Gasteiger partial charge in [-0.15, -0.1) is 0 Å². The monoisotopic (exact) mass is 182 g/mol. The molecule has 0 spiro atoms. The molecule has 0 amide bonds. The molecule has 2 nitrogen and oxygen atoms in total. The molecule has 0 unspecified atom stereocenters. The van der Waals surface area contributed by atoms with Crippen LogP contribution in [-0.2, 0) is 9.53 Å². The maximum atomic E-state index is 11.4. The summed E-state index contributed by atoms with van der Waals surface area (Å²) in [7, 11) is 0. The van der Waals surface area contributed by atoms with Crippen molar-refractivity contribution in [3.63, 3.8) is 0 Å².